The van der Waals surface area contributed by atoms with E-state index in [9.17, 15) is 9.18 Å². The molecular formula is C21H19FN2OS. The number of thiophene rings is 1. The molecule has 4 rings (SSSR count). The number of carbonyl (C=O) groups is 1. The molecule has 0 saturated carbocycles. The molecule has 1 aliphatic heterocycles. The third-order valence-electron chi connectivity index (χ3n) is 4.58. The van der Waals surface area contributed by atoms with Crippen LogP contribution < -0.4 is 5.32 Å². The Morgan fingerprint density at radius 3 is 2.62 bits per heavy atom. The van der Waals surface area contributed by atoms with E-state index in [0.717, 1.165) is 23.5 Å². The van der Waals surface area contributed by atoms with Crippen molar-refractivity contribution >= 4 is 22.9 Å². The minimum atomic E-state index is -0.262. The highest BCUT2D eigenvalue weighted by Gasteiger charge is 2.27. The number of carbonyl (C=O) groups excluding carboxylic acids is 1. The Bertz CT molecular complexity index is 909. The fraction of sp³-hybridized carbons (Fsp3) is 0.190. The molecular weight excluding hydrogens is 347 g/mol. The summed E-state index contributed by atoms with van der Waals surface area (Å²) in [5.74, 6) is -0.239. The topological polar surface area (TPSA) is 32.3 Å². The molecule has 5 heteroatoms. The Morgan fingerprint density at radius 1 is 1.04 bits per heavy atom. The number of benzene rings is 2. The molecule has 0 aliphatic carbocycles. The zero-order valence-corrected chi connectivity index (χ0v) is 15.0. The Labute approximate surface area is 156 Å². The smallest absolute Gasteiger partial charge is 0.264 e. The molecule has 0 bridgehead atoms. The minimum Gasteiger partial charge on any atom is -0.380 e. The highest BCUT2D eigenvalue weighted by Crippen LogP contribution is 2.31. The molecule has 1 atom stereocenters. The molecule has 1 unspecified atom stereocenters. The first-order chi connectivity index (χ1) is 12.7. The molecule has 1 aliphatic rings. The Kier molecular flexibility index (Phi) is 4.71. The van der Waals surface area contributed by atoms with Gasteiger partial charge in [-0.15, -0.1) is 11.3 Å². The summed E-state index contributed by atoms with van der Waals surface area (Å²) in [5, 5.41) is 3.48. The van der Waals surface area contributed by atoms with Gasteiger partial charge in [0.15, 0.2) is 0 Å². The van der Waals surface area contributed by atoms with Crippen molar-refractivity contribution in [1.82, 2.24) is 4.90 Å². The van der Waals surface area contributed by atoms with E-state index in [0.29, 0.717) is 17.0 Å². The average molecular weight is 366 g/mol. The van der Waals surface area contributed by atoms with E-state index >= 15 is 0 Å². The predicted molar refractivity (Wildman–Crippen MR) is 104 cm³/mol. The highest BCUT2D eigenvalue weighted by molar-refractivity contribution is 7.17. The lowest BCUT2D eigenvalue weighted by Crippen LogP contribution is -2.31. The third-order valence-corrected chi connectivity index (χ3v) is 5.68. The molecule has 0 spiro atoms. The van der Waals surface area contributed by atoms with E-state index in [4.69, 9.17) is 0 Å². The van der Waals surface area contributed by atoms with Crippen LogP contribution in [0.15, 0.2) is 66.7 Å². The molecule has 3 nitrogen and oxygen atoms in total. The second-order valence-corrected chi connectivity index (χ2v) is 7.47. The van der Waals surface area contributed by atoms with Crippen molar-refractivity contribution < 1.29 is 9.18 Å². The van der Waals surface area contributed by atoms with E-state index in [1.807, 2.05) is 41.3 Å². The van der Waals surface area contributed by atoms with Gasteiger partial charge in [0.1, 0.15) is 5.82 Å². The van der Waals surface area contributed by atoms with Gasteiger partial charge in [0.05, 0.1) is 4.88 Å². The maximum atomic E-state index is 13.9. The van der Waals surface area contributed by atoms with Crippen LogP contribution in [0.5, 0.6) is 0 Å². The van der Waals surface area contributed by atoms with E-state index in [-0.39, 0.29) is 17.8 Å². The molecule has 132 valence electrons. The molecule has 2 aromatic carbocycles. The van der Waals surface area contributed by atoms with Crippen LogP contribution >= 0.6 is 11.3 Å². The molecule has 3 aromatic rings. The zero-order chi connectivity index (χ0) is 17.9. The van der Waals surface area contributed by atoms with Gasteiger partial charge in [-0.05, 0) is 36.8 Å². The van der Waals surface area contributed by atoms with Crippen molar-refractivity contribution in [2.24, 2.45) is 0 Å². The SMILES string of the molecule is O=C(c1ccc(-c2ccccc2F)s1)N1CCC(Nc2ccccc2)C1. The van der Waals surface area contributed by atoms with Crippen molar-refractivity contribution in [2.45, 2.75) is 12.5 Å². The van der Waals surface area contributed by atoms with Gasteiger partial charge in [0.25, 0.3) is 5.91 Å². The average Bonchev–Trinajstić information content (AvgIpc) is 3.32. The largest absolute Gasteiger partial charge is 0.380 e. The highest BCUT2D eigenvalue weighted by atomic mass is 32.1. The first-order valence-corrected chi connectivity index (χ1v) is 9.48. The number of hydrogen-bond acceptors (Lipinski definition) is 3. The first-order valence-electron chi connectivity index (χ1n) is 8.66. The lowest BCUT2D eigenvalue weighted by molar-refractivity contribution is 0.0796. The van der Waals surface area contributed by atoms with Crippen LogP contribution in [0.1, 0.15) is 16.1 Å². The van der Waals surface area contributed by atoms with Gasteiger partial charge >= 0.3 is 0 Å². The maximum Gasteiger partial charge on any atom is 0.264 e. The number of rotatable bonds is 4. The lowest BCUT2D eigenvalue weighted by atomic mass is 10.2. The summed E-state index contributed by atoms with van der Waals surface area (Å²) in [6.45, 7) is 1.41. The van der Waals surface area contributed by atoms with E-state index < -0.39 is 0 Å². The van der Waals surface area contributed by atoms with Crippen LogP contribution in [0.25, 0.3) is 10.4 Å². The predicted octanol–water partition coefficient (Wildman–Crippen LogP) is 4.88. The van der Waals surface area contributed by atoms with Crippen LogP contribution in [0.4, 0.5) is 10.1 Å². The molecule has 1 fully saturated rings. The maximum absolute atomic E-state index is 13.9. The molecule has 1 N–H and O–H groups in total. The second kappa shape index (κ2) is 7.30. The lowest BCUT2D eigenvalue weighted by Gasteiger charge is -2.17. The number of amides is 1. The monoisotopic (exact) mass is 366 g/mol. The van der Waals surface area contributed by atoms with E-state index in [1.54, 1.807) is 24.3 Å². The molecule has 1 saturated heterocycles. The van der Waals surface area contributed by atoms with Crippen LogP contribution in [0, 0.1) is 5.82 Å². The summed E-state index contributed by atoms with van der Waals surface area (Å²) >= 11 is 1.35. The standard InChI is InChI=1S/C21H19FN2OS/c22-18-9-5-4-8-17(18)19-10-11-20(26-19)21(25)24-13-12-16(14-24)23-15-6-2-1-3-7-15/h1-11,16,23H,12-14H2. The number of likely N-dealkylation sites (tertiary alicyclic amines) is 1. The number of nitrogens with zero attached hydrogens (tertiary/aromatic N) is 1. The van der Waals surface area contributed by atoms with E-state index in [2.05, 4.69) is 5.32 Å². The third kappa shape index (κ3) is 3.48. The van der Waals surface area contributed by atoms with Crippen LogP contribution in [0.2, 0.25) is 0 Å². The van der Waals surface area contributed by atoms with Gasteiger partial charge in [0, 0.05) is 35.3 Å². The van der Waals surface area contributed by atoms with Gasteiger partial charge in [-0.1, -0.05) is 36.4 Å². The fourth-order valence-electron chi connectivity index (χ4n) is 3.25. The van der Waals surface area contributed by atoms with Gasteiger partial charge < -0.3 is 10.2 Å². The normalized spacial score (nSPS) is 16.7. The second-order valence-electron chi connectivity index (χ2n) is 6.39. The summed E-state index contributed by atoms with van der Waals surface area (Å²) in [4.78, 5) is 16.1. The fourth-order valence-corrected chi connectivity index (χ4v) is 4.25. The van der Waals surface area contributed by atoms with Crippen molar-refractivity contribution in [3.63, 3.8) is 0 Å². The van der Waals surface area contributed by atoms with Crippen molar-refractivity contribution in [1.29, 1.82) is 0 Å². The number of anilines is 1. The quantitative estimate of drug-likeness (QED) is 0.714. The summed E-state index contributed by atoms with van der Waals surface area (Å²) in [6, 6.07) is 20.6. The van der Waals surface area contributed by atoms with Gasteiger partial charge in [0.2, 0.25) is 0 Å². The van der Waals surface area contributed by atoms with Crippen molar-refractivity contribution in [3.8, 4) is 10.4 Å². The number of hydrogen-bond donors (Lipinski definition) is 1. The Morgan fingerprint density at radius 2 is 1.81 bits per heavy atom. The number of halogens is 1. The minimum absolute atomic E-state index is 0.0231. The zero-order valence-electron chi connectivity index (χ0n) is 14.2. The van der Waals surface area contributed by atoms with Crippen LogP contribution in [-0.4, -0.2) is 29.9 Å². The van der Waals surface area contributed by atoms with Crippen molar-refractivity contribution in [2.75, 3.05) is 18.4 Å². The first kappa shape index (κ1) is 16.8. The van der Waals surface area contributed by atoms with Gasteiger partial charge in [-0.25, -0.2) is 4.39 Å². The summed E-state index contributed by atoms with van der Waals surface area (Å²) < 4.78 is 13.9. The number of nitrogens with one attached hydrogen (secondary N) is 1. The van der Waals surface area contributed by atoms with Gasteiger partial charge in [-0.3, -0.25) is 4.79 Å². The number of para-hydroxylation sites is 1. The molecule has 2 heterocycles. The van der Waals surface area contributed by atoms with Gasteiger partial charge in [-0.2, -0.15) is 0 Å². The summed E-state index contributed by atoms with van der Waals surface area (Å²) in [5.41, 5.74) is 1.62. The molecule has 26 heavy (non-hydrogen) atoms. The molecule has 1 aromatic heterocycles. The van der Waals surface area contributed by atoms with Crippen molar-refractivity contribution in [3.05, 3.63) is 77.4 Å². The molecule has 1 amide bonds. The Balaban J connectivity index is 1.43. The molecule has 0 radical (unpaired) electrons. The summed E-state index contributed by atoms with van der Waals surface area (Å²) in [7, 11) is 0. The summed E-state index contributed by atoms with van der Waals surface area (Å²) in [6.07, 6.45) is 0.923. The van der Waals surface area contributed by atoms with E-state index in [1.165, 1.54) is 17.4 Å². The Hall–Kier alpha value is -2.66. The van der Waals surface area contributed by atoms with Crippen LogP contribution in [0.3, 0.4) is 0 Å². The van der Waals surface area contributed by atoms with Crippen LogP contribution in [-0.2, 0) is 0 Å².